The van der Waals surface area contributed by atoms with Crippen LogP contribution < -0.4 is 14.4 Å². The molecule has 1 aromatic carbocycles. The van der Waals surface area contributed by atoms with E-state index in [4.69, 9.17) is 38.6 Å². The quantitative estimate of drug-likeness (QED) is 0.270. The largest absolute Gasteiger partial charge is 0.475 e. The maximum Gasteiger partial charge on any atom is 0.319 e. The Labute approximate surface area is 283 Å². The lowest BCUT2D eigenvalue weighted by molar-refractivity contribution is 0.0886. The molecule has 0 bridgehead atoms. The molecule has 3 fully saturated rings. The Balaban J connectivity index is 1.21. The fraction of sp³-hybridized carbons (Fsp3) is 0.556. The van der Waals surface area contributed by atoms with Crippen LogP contribution in [0.15, 0.2) is 23.9 Å². The summed E-state index contributed by atoms with van der Waals surface area (Å²) in [5.74, 6) is 0.347. The number of aromatic nitrogens is 5. The summed E-state index contributed by atoms with van der Waals surface area (Å²) in [6.45, 7) is 5.05. The molecule has 0 amide bonds. The summed E-state index contributed by atoms with van der Waals surface area (Å²) in [6.07, 6.45) is 10.2. The van der Waals surface area contributed by atoms with Crippen molar-refractivity contribution in [3.63, 3.8) is 0 Å². The highest BCUT2D eigenvalue weighted by molar-refractivity contribution is 6.02. The normalized spacial score (nSPS) is 26.0. The third-order valence-corrected chi connectivity index (χ3v) is 11.2. The van der Waals surface area contributed by atoms with Crippen molar-refractivity contribution < 1.29 is 28.1 Å². The van der Waals surface area contributed by atoms with Crippen molar-refractivity contribution in [2.75, 3.05) is 71.8 Å². The van der Waals surface area contributed by atoms with Crippen molar-refractivity contribution in [1.82, 2.24) is 30.0 Å². The van der Waals surface area contributed by atoms with E-state index in [1.807, 2.05) is 0 Å². The Bertz CT molecular complexity index is 1950. The second-order valence-electron chi connectivity index (χ2n) is 14.0. The van der Waals surface area contributed by atoms with Crippen LogP contribution in [0.5, 0.6) is 11.9 Å². The van der Waals surface area contributed by atoms with E-state index in [0.29, 0.717) is 62.2 Å². The molecule has 4 aromatic rings. The van der Waals surface area contributed by atoms with Gasteiger partial charge in [0.25, 0.3) is 0 Å². The number of pyridine rings is 1. The van der Waals surface area contributed by atoms with Crippen LogP contribution in [0.2, 0.25) is 0 Å². The first kappa shape index (κ1) is 31.1. The van der Waals surface area contributed by atoms with Gasteiger partial charge < -0.3 is 28.6 Å². The lowest BCUT2D eigenvalue weighted by Gasteiger charge is -2.31. The molecule has 5 aliphatic rings. The van der Waals surface area contributed by atoms with Crippen molar-refractivity contribution >= 4 is 27.6 Å². The number of nitrogens with zero attached hydrogens (tertiary/aromatic N) is 6. The maximum atomic E-state index is 17.4. The molecule has 258 valence electrons. The maximum absolute atomic E-state index is 17.4. The van der Waals surface area contributed by atoms with Gasteiger partial charge in [0.05, 0.1) is 42.6 Å². The van der Waals surface area contributed by atoms with Crippen LogP contribution in [0.3, 0.4) is 0 Å². The molecule has 49 heavy (non-hydrogen) atoms. The average molecular weight is 672 g/mol. The Morgan fingerprint density at radius 2 is 2.08 bits per heavy atom. The van der Waals surface area contributed by atoms with Gasteiger partial charge in [-0.05, 0) is 68.7 Å². The summed E-state index contributed by atoms with van der Waals surface area (Å²) in [5, 5.41) is 8.67. The summed E-state index contributed by atoms with van der Waals surface area (Å²) in [4.78, 5) is 19.5. The summed E-state index contributed by atoms with van der Waals surface area (Å²) in [5.41, 5.74) is 5.06. The van der Waals surface area contributed by atoms with Gasteiger partial charge in [0.2, 0.25) is 5.88 Å². The number of hydrogen-bond acceptors (Lipinski definition) is 11. The van der Waals surface area contributed by atoms with E-state index < -0.39 is 5.82 Å². The number of hydrogen-bond donors (Lipinski definition) is 1. The molecule has 13 heteroatoms. The molecule has 12 nitrogen and oxygen atoms in total. The van der Waals surface area contributed by atoms with Crippen molar-refractivity contribution in [2.45, 2.75) is 62.6 Å². The van der Waals surface area contributed by atoms with E-state index in [2.05, 4.69) is 32.1 Å². The third kappa shape index (κ3) is 5.16. The van der Waals surface area contributed by atoms with Crippen LogP contribution in [-0.4, -0.2) is 109 Å². The topological polar surface area (TPSA) is 120 Å². The minimum Gasteiger partial charge on any atom is -0.475 e. The van der Waals surface area contributed by atoms with E-state index >= 15 is 4.39 Å². The first-order chi connectivity index (χ1) is 24.1. The monoisotopic (exact) mass is 671 g/mol. The summed E-state index contributed by atoms with van der Waals surface area (Å²) < 4.78 is 47.7. The fourth-order valence-corrected chi connectivity index (χ4v) is 8.83. The highest BCUT2D eigenvalue weighted by Gasteiger charge is 2.47. The van der Waals surface area contributed by atoms with Gasteiger partial charge in [0, 0.05) is 44.9 Å². The van der Waals surface area contributed by atoms with Crippen molar-refractivity contribution in [3.8, 4) is 23.1 Å². The van der Waals surface area contributed by atoms with Crippen LogP contribution >= 0.6 is 0 Å². The number of aryl methyl sites for hydroxylation is 1. The zero-order valence-electron chi connectivity index (χ0n) is 28.1. The molecule has 1 aliphatic carbocycles. The lowest BCUT2D eigenvalue weighted by Crippen LogP contribution is -2.43. The summed E-state index contributed by atoms with van der Waals surface area (Å²) in [7, 11) is 3.43. The number of halogens is 1. The Morgan fingerprint density at radius 1 is 1.14 bits per heavy atom. The van der Waals surface area contributed by atoms with Crippen LogP contribution in [0.1, 0.15) is 55.8 Å². The van der Waals surface area contributed by atoms with Crippen molar-refractivity contribution in [3.05, 3.63) is 40.9 Å². The van der Waals surface area contributed by atoms with Crippen LogP contribution in [0.25, 0.3) is 33.1 Å². The fourth-order valence-electron chi connectivity index (χ4n) is 8.83. The molecule has 3 aromatic heterocycles. The minimum atomic E-state index is -0.539. The number of H-pyrrole nitrogens is 1. The smallest absolute Gasteiger partial charge is 0.319 e. The standard InChI is InChI=1S/C36H42FN7O5/c1-45-13-8-21-15-36(9-4-10-43(36)17-21)20-49-35-40-32-29-33(41-35)44-11-5-12-47-18-23(44)19-48-34(29)39-31(30(32)37)28-24-16-38-42-25(24)14-22-6-3-7-26(46-2)27(22)28/h8,14,16,23,26H,3-7,9-13,15,17-20H2,1-2H3,(H,38,42)/b21-8-/t23-,26?,36-/m0/s1. The predicted molar refractivity (Wildman–Crippen MR) is 181 cm³/mol. The van der Waals surface area contributed by atoms with Gasteiger partial charge in [-0.1, -0.05) is 11.6 Å². The lowest BCUT2D eigenvalue weighted by atomic mass is 9.83. The average Bonchev–Trinajstić information content (AvgIpc) is 3.75. The molecular weight excluding hydrogens is 629 g/mol. The number of rotatable bonds is 7. The molecular formula is C36H42FN7O5. The van der Waals surface area contributed by atoms with E-state index in [0.717, 1.165) is 80.1 Å². The molecule has 3 atom stereocenters. The number of methoxy groups -OCH3 is 2. The number of fused-ring (bicyclic) bond motifs is 5. The van der Waals surface area contributed by atoms with Crippen LogP contribution in [0, 0.1) is 5.82 Å². The highest BCUT2D eigenvalue weighted by atomic mass is 19.1. The summed E-state index contributed by atoms with van der Waals surface area (Å²) >= 11 is 0. The second-order valence-corrected chi connectivity index (χ2v) is 14.0. The number of benzene rings is 1. The van der Waals surface area contributed by atoms with E-state index in [1.165, 1.54) is 5.57 Å². The molecule has 1 unspecified atom stereocenters. The first-order valence-corrected chi connectivity index (χ1v) is 17.5. The van der Waals surface area contributed by atoms with Gasteiger partial charge in [-0.3, -0.25) is 10.00 Å². The van der Waals surface area contributed by atoms with E-state index in [1.54, 1.807) is 20.4 Å². The number of nitrogens with one attached hydrogen (secondary N) is 1. The molecule has 0 saturated carbocycles. The second kappa shape index (κ2) is 12.4. The molecule has 9 rings (SSSR count). The van der Waals surface area contributed by atoms with Gasteiger partial charge in [-0.25, -0.2) is 9.37 Å². The number of anilines is 1. The minimum absolute atomic E-state index is 0.121. The van der Waals surface area contributed by atoms with Crippen molar-refractivity contribution in [2.24, 2.45) is 0 Å². The van der Waals surface area contributed by atoms with Crippen molar-refractivity contribution in [1.29, 1.82) is 0 Å². The van der Waals surface area contributed by atoms with Crippen LogP contribution in [0.4, 0.5) is 10.2 Å². The zero-order valence-corrected chi connectivity index (χ0v) is 28.1. The SMILES string of the molecule is COC/C=C1\CN2CCC[C@@]2(COc2nc3c4c(nc(-c5c6c(cc7[nH]ncc57)CCCC6OC)c(F)c4n2)OC[C@@H]2COCCCN32)C1. The number of ether oxygens (including phenoxy) is 5. The molecule has 0 spiro atoms. The molecule has 4 aliphatic heterocycles. The first-order valence-electron chi connectivity index (χ1n) is 17.5. The third-order valence-electron chi connectivity index (χ3n) is 11.2. The molecule has 3 saturated heterocycles. The Kier molecular flexibility index (Phi) is 7.90. The Hall–Kier alpha value is -3.91. The van der Waals surface area contributed by atoms with Gasteiger partial charge in [-0.2, -0.15) is 15.1 Å². The highest BCUT2D eigenvalue weighted by Crippen LogP contribution is 2.47. The zero-order chi connectivity index (χ0) is 33.1. The van der Waals surface area contributed by atoms with E-state index in [9.17, 15) is 0 Å². The van der Waals surface area contributed by atoms with Gasteiger partial charge in [-0.15, -0.1) is 0 Å². The molecule has 0 radical (unpaired) electrons. The molecule has 7 heterocycles. The Morgan fingerprint density at radius 3 is 2.98 bits per heavy atom. The van der Waals surface area contributed by atoms with Gasteiger partial charge >= 0.3 is 6.01 Å². The van der Waals surface area contributed by atoms with E-state index in [-0.39, 0.29) is 34.9 Å². The summed E-state index contributed by atoms with van der Waals surface area (Å²) in [6, 6.07) is 2.14. The molecule has 1 N–H and O–H groups in total. The van der Waals surface area contributed by atoms with Gasteiger partial charge in [0.1, 0.15) is 35.6 Å². The van der Waals surface area contributed by atoms with Gasteiger partial charge in [0.15, 0.2) is 5.82 Å². The number of aromatic amines is 1. The predicted octanol–water partition coefficient (Wildman–Crippen LogP) is 4.91. The van der Waals surface area contributed by atoms with Crippen LogP contribution in [-0.2, 0) is 20.6 Å².